The third kappa shape index (κ3) is 3.14. The van der Waals surface area contributed by atoms with Gasteiger partial charge in [-0.05, 0) is 56.9 Å². The molecule has 6 heteroatoms. The van der Waals surface area contributed by atoms with Crippen LogP contribution in [-0.2, 0) is 10.2 Å². The molecule has 0 aromatic heterocycles. The van der Waals surface area contributed by atoms with Crippen LogP contribution in [-0.4, -0.2) is 49.2 Å². The number of hydrogen-bond donors (Lipinski definition) is 1. The largest absolute Gasteiger partial charge is 0.330 e. The Bertz CT molecular complexity index is 444. The fourth-order valence-electron chi connectivity index (χ4n) is 4.39. The molecule has 1 aliphatic carbocycles. The average Bonchev–Trinajstić information content (AvgIpc) is 2.54. The first-order valence-electron chi connectivity index (χ1n) is 8.60. The summed E-state index contributed by atoms with van der Waals surface area (Å²) in [6.07, 6.45) is 8.80. The highest BCUT2D eigenvalue weighted by Crippen LogP contribution is 2.37. The lowest BCUT2D eigenvalue weighted by Gasteiger charge is -2.45. The predicted octanol–water partition coefficient (Wildman–Crippen LogP) is 1.56. The molecule has 1 saturated carbocycles. The zero-order valence-corrected chi connectivity index (χ0v) is 13.7. The molecule has 3 aliphatic rings. The second kappa shape index (κ2) is 6.52. The molecule has 2 atom stereocenters. The first-order chi connectivity index (χ1) is 10.1. The minimum absolute atomic E-state index is 0.268. The molecule has 21 heavy (non-hydrogen) atoms. The lowest BCUT2D eigenvalue weighted by molar-refractivity contribution is 0.118. The summed E-state index contributed by atoms with van der Waals surface area (Å²) in [6.45, 7) is 2.71. The van der Waals surface area contributed by atoms with Crippen molar-refractivity contribution in [3.05, 3.63) is 0 Å². The summed E-state index contributed by atoms with van der Waals surface area (Å²) in [7, 11) is -3.26. The molecule has 5 nitrogen and oxygen atoms in total. The number of hydrogen-bond acceptors (Lipinski definition) is 3. The van der Waals surface area contributed by atoms with Gasteiger partial charge in [0.25, 0.3) is 10.2 Å². The SMILES string of the molecule is NCC1CCN(S(=O)(=O)N2CCCC3CCCCC32)CC1. The van der Waals surface area contributed by atoms with E-state index in [1.54, 1.807) is 4.31 Å². The monoisotopic (exact) mass is 315 g/mol. The maximum Gasteiger partial charge on any atom is 0.282 e. The highest BCUT2D eigenvalue weighted by molar-refractivity contribution is 7.86. The summed E-state index contributed by atoms with van der Waals surface area (Å²) in [5.41, 5.74) is 5.71. The van der Waals surface area contributed by atoms with Crippen molar-refractivity contribution < 1.29 is 8.42 Å². The summed E-state index contributed by atoms with van der Waals surface area (Å²) < 4.78 is 29.6. The number of nitrogens with zero attached hydrogens (tertiary/aromatic N) is 2. The molecule has 2 heterocycles. The van der Waals surface area contributed by atoms with E-state index in [4.69, 9.17) is 5.73 Å². The Balaban J connectivity index is 1.71. The van der Waals surface area contributed by atoms with E-state index in [0.717, 1.165) is 32.2 Å². The van der Waals surface area contributed by atoms with Crippen molar-refractivity contribution >= 4 is 10.2 Å². The van der Waals surface area contributed by atoms with Crippen LogP contribution < -0.4 is 5.73 Å². The van der Waals surface area contributed by atoms with Crippen LogP contribution in [0, 0.1) is 11.8 Å². The third-order valence-electron chi connectivity index (χ3n) is 5.72. The third-order valence-corrected chi connectivity index (χ3v) is 7.79. The molecule has 122 valence electrons. The molecule has 2 aliphatic heterocycles. The molecule has 0 aromatic rings. The molecule has 0 aromatic carbocycles. The lowest BCUT2D eigenvalue weighted by atomic mass is 9.79. The van der Waals surface area contributed by atoms with Crippen LogP contribution in [0.2, 0.25) is 0 Å². The van der Waals surface area contributed by atoms with Gasteiger partial charge in [0.05, 0.1) is 0 Å². The Labute approximate surface area is 129 Å². The van der Waals surface area contributed by atoms with Crippen molar-refractivity contribution in [1.29, 1.82) is 0 Å². The van der Waals surface area contributed by atoms with Gasteiger partial charge >= 0.3 is 0 Å². The summed E-state index contributed by atoms with van der Waals surface area (Å²) >= 11 is 0. The molecule has 0 amide bonds. The topological polar surface area (TPSA) is 66.6 Å². The van der Waals surface area contributed by atoms with E-state index in [-0.39, 0.29) is 6.04 Å². The molecule has 2 unspecified atom stereocenters. The molecule has 2 N–H and O–H groups in total. The van der Waals surface area contributed by atoms with Gasteiger partial charge in [-0.1, -0.05) is 12.8 Å². The molecule has 0 bridgehead atoms. The van der Waals surface area contributed by atoms with E-state index in [9.17, 15) is 8.42 Å². The van der Waals surface area contributed by atoms with E-state index in [1.165, 1.54) is 25.7 Å². The predicted molar refractivity (Wildman–Crippen MR) is 84.0 cm³/mol. The minimum Gasteiger partial charge on any atom is -0.330 e. The zero-order chi connectivity index (χ0) is 14.9. The van der Waals surface area contributed by atoms with Crippen molar-refractivity contribution in [1.82, 2.24) is 8.61 Å². The highest BCUT2D eigenvalue weighted by Gasteiger charge is 2.42. The maximum atomic E-state index is 13.0. The summed E-state index contributed by atoms with van der Waals surface area (Å²) in [4.78, 5) is 0. The van der Waals surface area contributed by atoms with Gasteiger partial charge in [-0.25, -0.2) is 0 Å². The Kier molecular flexibility index (Phi) is 4.88. The summed E-state index contributed by atoms with van der Waals surface area (Å²) in [6, 6.07) is 0.268. The minimum atomic E-state index is -3.26. The van der Waals surface area contributed by atoms with Gasteiger partial charge < -0.3 is 5.73 Å². The highest BCUT2D eigenvalue weighted by atomic mass is 32.2. The van der Waals surface area contributed by atoms with Crippen LogP contribution in [0.4, 0.5) is 0 Å². The Morgan fingerprint density at radius 1 is 0.905 bits per heavy atom. The van der Waals surface area contributed by atoms with Gasteiger partial charge in [-0.2, -0.15) is 17.0 Å². The summed E-state index contributed by atoms with van der Waals surface area (Å²) in [5.74, 6) is 1.10. The van der Waals surface area contributed by atoms with Gasteiger partial charge in [-0.3, -0.25) is 0 Å². The molecule has 3 rings (SSSR count). The first-order valence-corrected chi connectivity index (χ1v) is 9.99. The number of piperidine rings is 2. The van der Waals surface area contributed by atoms with Crippen molar-refractivity contribution in [3.8, 4) is 0 Å². The van der Waals surface area contributed by atoms with Gasteiger partial charge in [0.15, 0.2) is 0 Å². The number of rotatable bonds is 3. The smallest absolute Gasteiger partial charge is 0.282 e. The molecule has 0 spiro atoms. The van der Waals surface area contributed by atoms with Gasteiger partial charge in [0, 0.05) is 25.7 Å². The molecular weight excluding hydrogens is 286 g/mol. The molecule has 3 fully saturated rings. The van der Waals surface area contributed by atoms with Crippen LogP contribution in [0.5, 0.6) is 0 Å². The molecule has 0 radical (unpaired) electrons. The van der Waals surface area contributed by atoms with E-state index < -0.39 is 10.2 Å². The van der Waals surface area contributed by atoms with Crippen LogP contribution in [0.1, 0.15) is 51.4 Å². The summed E-state index contributed by atoms with van der Waals surface area (Å²) in [5, 5.41) is 0. The number of fused-ring (bicyclic) bond motifs is 1. The van der Waals surface area contributed by atoms with E-state index in [1.807, 2.05) is 4.31 Å². The fourth-order valence-corrected chi connectivity index (χ4v) is 6.34. The standard InChI is InChI=1S/C15H29N3O2S/c16-12-13-7-10-17(11-8-13)21(19,20)18-9-3-5-14-4-1-2-6-15(14)18/h13-15H,1-12,16H2. The Morgan fingerprint density at radius 3 is 2.29 bits per heavy atom. The second-order valence-electron chi connectivity index (χ2n) is 6.95. The van der Waals surface area contributed by atoms with Crippen LogP contribution in [0.25, 0.3) is 0 Å². The van der Waals surface area contributed by atoms with Gasteiger partial charge in [0.1, 0.15) is 0 Å². The van der Waals surface area contributed by atoms with Crippen molar-refractivity contribution in [2.45, 2.75) is 57.4 Å². The molecule has 2 saturated heterocycles. The Hall–Kier alpha value is -0.170. The second-order valence-corrected chi connectivity index (χ2v) is 8.83. The lowest BCUT2D eigenvalue weighted by Crippen LogP contribution is -2.55. The average molecular weight is 315 g/mol. The first kappa shape index (κ1) is 15.7. The van der Waals surface area contributed by atoms with E-state index in [0.29, 0.717) is 31.5 Å². The van der Waals surface area contributed by atoms with Crippen LogP contribution in [0.15, 0.2) is 0 Å². The van der Waals surface area contributed by atoms with Crippen molar-refractivity contribution in [3.63, 3.8) is 0 Å². The number of nitrogens with two attached hydrogens (primary N) is 1. The van der Waals surface area contributed by atoms with Gasteiger partial charge in [-0.15, -0.1) is 0 Å². The zero-order valence-electron chi connectivity index (χ0n) is 12.9. The maximum absolute atomic E-state index is 13.0. The van der Waals surface area contributed by atoms with Crippen molar-refractivity contribution in [2.75, 3.05) is 26.2 Å². The van der Waals surface area contributed by atoms with E-state index in [2.05, 4.69) is 0 Å². The normalized spacial score (nSPS) is 33.8. The van der Waals surface area contributed by atoms with Crippen LogP contribution >= 0.6 is 0 Å². The Morgan fingerprint density at radius 2 is 1.57 bits per heavy atom. The van der Waals surface area contributed by atoms with E-state index >= 15 is 0 Å². The molecular formula is C15H29N3O2S. The van der Waals surface area contributed by atoms with Gasteiger partial charge in [0.2, 0.25) is 0 Å². The quantitative estimate of drug-likeness (QED) is 0.859. The fraction of sp³-hybridized carbons (Fsp3) is 1.00. The van der Waals surface area contributed by atoms with Crippen LogP contribution in [0.3, 0.4) is 0 Å². The van der Waals surface area contributed by atoms with Crippen molar-refractivity contribution in [2.24, 2.45) is 17.6 Å².